The number of piperidine rings is 1. The minimum atomic E-state index is -0.217. The van der Waals surface area contributed by atoms with Crippen molar-refractivity contribution in [1.29, 1.82) is 5.26 Å². The van der Waals surface area contributed by atoms with Gasteiger partial charge in [-0.2, -0.15) is 5.26 Å². The minimum absolute atomic E-state index is 0.0640. The molecule has 3 amide bonds. The summed E-state index contributed by atoms with van der Waals surface area (Å²) in [7, 11) is 0. The fourth-order valence-electron chi connectivity index (χ4n) is 3.73. The van der Waals surface area contributed by atoms with Crippen molar-refractivity contribution < 1.29 is 14.4 Å². The zero-order valence-corrected chi connectivity index (χ0v) is 18.1. The van der Waals surface area contributed by atoms with Crippen LogP contribution in [0.1, 0.15) is 44.1 Å². The average Bonchev–Trinajstić information content (AvgIpc) is 2.83. The molecule has 3 rings (SSSR count). The maximum absolute atomic E-state index is 12.7. The molecule has 7 nitrogen and oxygen atoms in total. The molecule has 0 unspecified atom stereocenters. The molecule has 166 valence electrons. The number of hydrogen-bond donors (Lipinski definition) is 1. The zero-order chi connectivity index (χ0) is 22.8. The number of carbonyl (C=O) groups excluding carboxylic acids is 3. The smallest absolute Gasteiger partial charge is 0.227 e. The highest BCUT2D eigenvalue weighted by Crippen LogP contribution is 2.22. The topological polar surface area (TPSA) is 93.5 Å². The molecule has 7 heteroatoms. The Labute approximate surface area is 188 Å². The third-order valence-corrected chi connectivity index (χ3v) is 5.42. The van der Waals surface area contributed by atoms with Gasteiger partial charge in [0.15, 0.2) is 0 Å². The number of amides is 3. The summed E-state index contributed by atoms with van der Waals surface area (Å²) in [6.07, 6.45) is 2.86. The number of carbonyl (C=O) groups is 3. The molecule has 0 aliphatic carbocycles. The Morgan fingerprint density at radius 3 is 2.62 bits per heavy atom. The first-order chi connectivity index (χ1) is 15.6. The van der Waals surface area contributed by atoms with Crippen molar-refractivity contribution >= 4 is 29.1 Å². The number of rotatable bonds is 9. The van der Waals surface area contributed by atoms with Crippen LogP contribution in [0.3, 0.4) is 0 Å². The van der Waals surface area contributed by atoms with Crippen LogP contribution in [-0.2, 0) is 20.9 Å². The maximum atomic E-state index is 12.7. The molecule has 0 bridgehead atoms. The van der Waals surface area contributed by atoms with Gasteiger partial charge in [0, 0.05) is 50.3 Å². The summed E-state index contributed by atoms with van der Waals surface area (Å²) in [5.74, 6) is -0.270. The lowest BCUT2D eigenvalue weighted by Crippen LogP contribution is -2.35. The van der Waals surface area contributed by atoms with Crippen molar-refractivity contribution in [3.05, 3.63) is 60.2 Å². The highest BCUT2D eigenvalue weighted by molar-refractivity contribution is 5.95. The van der Waals surface area contributed by atoms with Crippen LogP contribution in [0.5, 0.6) is 0 Å². The van der Waals surface area contributed by atoms with Gasteiger partial charge in [-0.1, -0.05) is 30.3 Å². The summed E-state index contributed by atoms with van der Waals surface area (Å²) < 4.78 is 0. The van der Waals surface area contributed by atoms with Gasteiger partial charge < -0.3 is 15.1 Å². The second-order valence-corrected chi connectivity index (χ2v) is 7.74. The van der Waals surface area contributed by atoms with E-state index in [1.165, 1.54) is 0 Å². The van der Waals surface area contributed by atoms with E-state index in [1.807, 2.05) is 54.6 Å². The van der Waals surface area contributed by atoms with Crippen LogP contribution in [-0.4, -0.2) is 30.8 Å². The summed E-state index contributed by atoms with van der Waals surface area (Å²) in [5.41, 5.74) is 2.48. The van der Waals surface area contributed by atoms with Gasteiger partial charge >= 0.3 is 0 Å². The predicted molar refractivity (Wildman–Crippen MR) is 123 cm³/mol. The summed E-state index contributed by atoms with van der Waals surface area (Å²) in [6.45, 7) is 1.35. The van der Waals surface area contributed by atoms with Gasteiger partial charge in [-0.3, -0.25) is 14.4 Å². The van der Waals surface area contributed by atoms with Crippen molar-refractivity contribution in [2.24, 2.45) is 0 Å². The monoisotopic (exact) mass is 432 g/mol. The molecule has 0 atom stereocenters. The maximum Gasteiger partial charge on any atom is 0.227 e. The Kier molecular flexibility index (Phi) is 8.38. The lowest BCUT2D eigenvalue weighted by atomic mass is 10.1. The summed E-state index contributed by atoms with van der Waals surface area (Å²) >= 11 is 0. The van der Waals surface area contributed by atoms with E-state index in [2.05, 4.69) is 11.4 Å². The van der Waals surface area contributed by atoms with E-state index in [-0.39, 0.29) is 37.0 Å². The second-order valence-electron chi connectivity index (χ2n) is 7.74. The quantitative estimate of drug-likeness (QED) is 0.656. The average molecular weight is 433 g/mol. The van der Waals surface area contributed by atoms with Crippen molar-refractivity contribution in [3.8, 4) is 6.07 Å². The molecule has 0 saturated carbocycles. The number of nitriles is 1. The molecule has 0 aromatic heterocycles. The molecule has 1 aliphatic rings. The van der Waals surface area contributed by atoms with Gasteiger partial charge in [0.1, 0.15) is 0 Å². The van der Waals surface area contributed by atoms with Gasteiger partial charge in [0.05, 0.1) is 12.5 Å². The molecule has 0 radical (unpaired) electrons. The van der Waals surface area contributed by atoms with Crippen LogP contribution in [0.15, 0.2) is 54.6 Å². The van der Waals surface area contributed by atoms with Gasteiger partial charge in [-0.05, 0) is 42.7 Å². The van der Waals surface area contributed by atoms with E-state index >= 15 is 0 Å². The van der Waals surface area contributed by atoms with E-state index in [0.717, 1.165) is 36.3 Å². The Morgan fingerprint density at radius 1 is 1.06 bits per heavy atom. The van der Waals surface area contributed by atoms with E-state index in [4.69, 9.17) is 5.26 Å². The molecule has 0 spiro atoms. The number of benzene rings is 2. The number of nitrogens with zero attached hydrogens (tertiary/aromatic N) is 3. The Hall–Kier alpha value is -3.66. The number of nitrogens with one attached hydrogen (secondary N) is 1. The van der Waals surface area contributed by atoms with Gasteiger partial charge in [0.2, 0.25) is 17.7 Å². The Balaban J connectivity index is 1.51. The fraction of sp³-hybridized carbons (Fsp3) is 0.360. The van der Waals surface area contributed by atoms with Crippen molar-refractivity contribution in [1.82, 2.24) is 5.32 Å². The highest BCUT2D eigenvalue weighted by atomic mass is 16.2. The van der Waals surface area contributed by atoms with Crippen molar-refractivity contribution in [3.63, 3.8) is 0 Å². The van der Waals surface area contributed by atoms with Crippen molar-refractivity contribution in [2.75, 3.05) is 22.9 Å². The largest absolute Gasteiger partial charge is 0.352 e. The predicted octanol–water partition coefficient (Wildman–Crippen LogP) is 3.55. The lowest BCUT2D eigenvalue weighted by molar-refractivity contribution is -0.125. The molecule has 32 heavy (non-hydrogen) atoms. The Morgan fingerprint density at radius 2 is 1.88 bits per heavy atom. The first-order valence-electron chi connectivity index (χ1n) is 11.0. The minimum Gasteiger partial charge on any atom is -0.352 e. The summed E-state index contributed by atoms with van der Waals surface area (Å²) in [6, 6.07) is 18.8. The molecular formula is C25H28N4O3. The molecule has 1 saturated heterocycles. The van der Waals surface area contributed by atoms with Crippen LogP contribution >= 0.6 is 0 Å². The molecule has 1 fully saturated rings. The van der Waals surface area contributed by atoms with Gasteiger partial charge in [-0.25, -0.2) is 0 Å². The van der Waals surface area contributed by atoms with E-state index in [1.54, 1.807) is 9.80 Å². The molecule has 1 aliphatic heterocycles. The fourth-order valence-corrected chi connectivity index (χ4v) is 3.73. The molecular weight excluding hydrogens is 404 g/mol. The summed E-state index contributed by atoms with van der Waals surface area (Å²) in [5, 5.41) is 11.7. The number of para-hydroxylation sites is 1. The molecule has 2 aromatic rings. The molecule has 1 N–H and O–H groups in total. The van der Waals surface area contributed by atoms with E-state index in [9.17, 15) is 14.4 Å². The van der Waals surface area contributed by atoms with Gasteiger partial charge in [0.25, 0.3) is 0 Å². The lowest BCUT2D eigenvalue weighted by Gasteiger charge is -2.27. The highest BCUT2D eigenvalue weighted by Gasteiger charge is 2.20. The first kappa shape index (κ1) is 23.0. The van der Waals surface area contributed by atoms with Crippen LogP contribution in [0.25, 0.3) is 0 Å². The van der Waals surface area contributed by atoms with Crippen LogP contribution in [0, 0.1) is 11.3 Å². The second kappa shape index (κ2) is 11.7. The van der Waals surface area contributed by atoms with E-state index in [0.29, 0.717) is 19.5 Å². The van der Waals surface area contributed by atoms with Crippen LogP contribution in [0.2, 0.25) is 0 Å². The van der Waals surface area contributed by atoms with Gasteiger partial charge in [-0.15, -0.1) is 0 Å². The Bertz CT molecular complexity index is 984. The third-order valence-electron chi connectivity index (χ3n) is 5.42. The van der Waals surface area contributed by atoms with E-state index < -0.39 is 0 Å². The zero-order valence-electron chi connectivity index (χ0n) is 18.1. The standard InChI is InChI=1S/C25H28N4O3/c26-15-7-17-28(21-9-2-1-3-10-21)25(32)14-13-23(30)27-19-20-8-6-11-22(18-20)29-16-5-4-12-24(29)31/h1-3,6,8-11,18H,4-5,7,12-14,16-17,19H2,(H,27,30). The third kappa shape index (κ3) is 6.42. The summed E-state index contributed by atoms with van der Waals surface area (Å²) in [4.78, 5) is 40.5. The van der Waals surface area contributed by atoms with Crippen LogP contribution < -0.4 is 15.1 Å². The van der Waals surface area contributed by atoms with Crippen molar-refractivity contribution in [2.45, 2.75) is 45.1 Å². The number of anilines is 2. The normalized spacial score (nSPS) is 13.3. The number of hydrogen-bond acceptors (Lipinski definition) is 4. The SMILES string of the molecule is N#CCCN(C(=O)CCC(=O)NCc1cccc(N2CCCCC2=O)c1)c1ccccc1. The molecule has 2 aromatic carbocycles. The van der Waals surface area contributed by atoms with Crippen LogP contribution in [0.4, 0.5) is 11.4 Å². The molecule has 1 heterocycles. The first-order valence-corrected chi connectivity index (χ1v) is 11.0.